The van der Waals surface area contributed by atoms with Crippen LogP contribution in [-0.4, -0.2) is 38.1 Å². The molecular weight excluding hydrogens is 385 g/mol. The molecule has 0 saturated carbocycles. The Balaban J connectivity index is 2.03. The van der Waals surface area contributed by atoms with E-state index in [2.05, 4.69) is 27.9 Å². The minimum atomic E-state index is -0.481. The van der Waals surface area contributed by atoms with Crippen LogP contribution in [0.1, 0.15) is 20.8 Å². The highest BCUT2D eigenvalue weighted by molar-refractivity contribution is 14.1. The molecule has 0 aromatic heterocycles. The van der Waals surface area contributed by atoms with E-state index in [1.165, 1.54) is 0 Å². The van der Waals surface area contributed by atoms with Crippen molar-refractivity contribution >= 4 is 28.7 Å². The monoisotopic (exact) mass is 407 g/mol. The standard InChI is InChI=1S/C15H22INO4/c1-15(2,3)21-14(18)17-8-9-19-10-11-20-13-7-5-4-6-12(13)16/h4-7H,8-11H2,1-3H3,(H,17,18). The molecule has 0 fully saturated rings. The lowest BCUT2D eigenvalue weighted by Crippen LogP contribution is -2.34. The summed E-state index contributed by atoms with van der Waals surface area (Å²) in [6.45, 7) is 7.27. The first-order valence-electron chi connectivity index (χ1n) is 6.80. The molecule has 0 unspecified atom stereocenters. The highest BCUT2D eigenvalue weighted by atomic mass is 127. The zero-order valence-electron chi connectivity index (χ0n) is 12.6. The second-order valence-electron chi connectivity index (χ2n) is 5.32. The Bertz CT molecular complexity index is 446. The molecule has 1 amide bonds. The second kappa shape index (κ2) is 9.09. The third kappa shape index (κ3) is 8.77. The van der Waals surface area contributed by atoms with Crippen molar-refractivity contribution in [1.82, 2.24) is 5.32 Å². The van der Waals surface area contributed by atoms with E-state index in [9.17, 15) is 4.79 Å². The Kier molecular flexibility index (Phi) is 7.81. The maximum atomic E-state index is 11.4. The van der Waals surface area contributed by atoms with E-state index in [4.69, 9.17) is 14.2 Å². The van der Waals surface area contributed by atoms with Gasteiger partial charge < -0.3 is 19.5 Å². The van der Waals surface area contributed by atoms with Crippen LogP contribution in [0.15, 0.2) is 24.3 Å². The molecule has 1 rings (SSSR count). The molecule has 0 aliphatic heterocycles. The fourth-order valence-electron chi connectivity index (χ4n) is 1.41. The van der Waals surface area contributed by atoms with E-state index in [1.54, 1.807) is 0 Å². The van der Waals surface area contributed by atoms with Crippen molar-refractivity contribution in [1.29, 1.82) is 0 Å². The smallest absolute Gasteiger partial charge is 0.407 e. The van der Waals surface area contributed by atoms with Gasteiger partial charge in [-0.25, -0.2) is 4.79 Å². The van der Waals surface area contributed by atoms with Crippen molar-refractivity contribution in [3.63, 3.8) is 0 Å². The molecule has 0 heterocycles. The first kappa shape index (κ1) is 18.0. The molecule has 0 aliphatic carbocycles. The number of rotatable bonds is 7. The number of alkyl carbamates (subject to hydrolysis) is 1. The van der Waals surface area contributed by atoms with Gasteiger partial charge in [-0.3, -0.25) is 0 Å². The number of hydrogen-bond donors (Lipinski definition) is 1. The van der Waals surface area contributed by atoms with Crippen molar-refractivity contribution in [3.8, 4) is 5.75 Å². The first-order valence-corrected chi connectivity index (χ1v) is 7.88. The van der Waals surface area contributed by atoms with Crippen molar-refractivity contribution in [2.24, 2.45) is 0 Å². The van der Waals surface area contributed by atoms with Crippen molar-refractivity contribution < 1.29 is 19.0 Å². The van der Waals surface area contributed by atoms with Crippen LogP contribution >= 0.6 is 22.6 Å². The number of amides is 1. The van der Waals surface area contributed by atoms with Gasteiger partial charge in [0, 0.05) is 6.54 Å². The lowest BCUT2D eigenvalue weighted by atomic mass is 10.2. The van der Waals surface area contributed by atoms with E-state index in [0.29, 0.717) is 26.4 Å². The fraction of sp³-hybridized carbons (Fsp3) is 0.533. The third-order valence-corrected chi connectivity index (χ3v) is 3.13. The van der Waals surface area contributed by atoms with E-state index >= 15 is 0 Å². The first-order chi connectivity index (χ1) is 9.88. The number of ether oxygens (including phenoxy) is 3. The average Bonchev–Trinajstić information content (AvgIpc) is 2.37. The van der Waals surface area contributed by atoms with E-state index < -0.39 is 11.7 Å². The highest BCUT2D eigenvalue weighted by Gasteiger charge is 2.15. The van der Waals surface area contributed by atoms with Gasteiger partial charge in [-0.15, -0.1) is 0 Å². The zero-order valence-corrected chi connectivity index (χ0v) is 14.8. The summed E-state index contributed by atoms with van der Waals surface area (Å²) in [5, 5.41) is 2.63. The zero-order chi connectivity index (χ0) is 15.7. The van der Waals surface area contributed by atoms with Crippen LogP contribution < -0.4 is 10.1 Å². The minimum Gasteiger partial charge on any atom is -0.490 e. The molecule has 0 spiro atoms. The normalized spacial score (nSPS) is 11.0. The van der Waals surface area contributed by atoms with E-state index in [0.717, 1.165) is 9.32 Å². The molecule has 0 aliphatic rings. The molecule has 0 bridgehead atoms. The van der Waals surface area contributed by atoms with Crippen molar-refractivity contribution in [2.75, 3.05) is 26.4 Å². The lowest BCUT2D eigenvalue weighted by Gasteiger charge is -2.19. The molecule has 1 N–H and O–H groups in total. The van der Waals surface area contributed by atoms with Gasteiger partial charge in [-0.1, -0.05) is 12.1 Å². The predicted molar refractivity (Wildman–Crippen MR) is 89.7 cm³/mol. The van der Waals surface area contributed by atoms with E-state index in [1.807, 2.05) is 45.0 Å². The number of carbonyl (C=O) groups excluding carboxylic acids is 1. The van der Waals surface area contributed by atoms with Crippen LogP contribution in [0.3, 0.4) is 0 Å². The van der Waals surface area contributed by atoms with Crippen molar-refractivity contribution in [3.05, 3.63) is 27.8 Å². The Morgan fingerprint density at radius 1 is 1.19 bits per heavy atom. The summed E-state index contributed by atoms with van der Waals surface area (Å²) in [5.41, 5.74) is -0.481. The number of carbonyl (C=O) groups is 1. The number of halogens is 1. The maximum Gasteiger partial charge on any atom is 0.407 e. The van der Waals surface area contributed by atoms with Crippen LogP contribution in [0.4, 0.5) is 4.79 Å². The third-order valence-electron chi connectivity index (χ3n) is 2.24. The summed E-state index contributed by atoms with van der Waals surface area (Å²) in [4.78, 5) is 11.4. The lowest BCUT2D eigenvalue weighted by molar-refractivity contribution is 0.0489. The van der Waals surface area contributed by atoms with Gasteiger partial charge in [-0.2, -0.15) is 0 Å². The molecule has 21 heavy (non-hydrogen) atoms. The van der Waals surface area contributed by atoms with Crippen LogP contribution in [0.5, 0.6) is 5.75 Å². The van der Waals surface area contributed by atoms with Gasteiger partial charge in [0.25, 0.3) is 0 Å². The molecule has 5 nitrogen and oxygen atoms in total. The Morgan fingerprint density at radius 3 is 2.57 bits per heavy atom. The van der Waals surface area contributed by atoms with Gasteiger partial charge in [-0.05, 0) is 55.5 Å². The van der Waals surface area contributed by atoms with Gasteiger partial charge in [0.2, 0.25) is 0 Å². The Labute approximate surface area is 139 Å². The Morgan fingerprint density at radius 2 is 1.90 bits per heavy atom. The summed E-state index contributed by atoms with van der Waals surface area (Å²) >= 11 is 2.23. The molecule has 0 atom stereocenters. The van der Waals surface area contributed by atoms with E-state index in [-0.39, 0.29) is 0 Å². The number of para-hydroxylation sites is 1. The van der Waals surface area contributed by atoms with Gasteiger partial charge in [0.1, 0.15) is 18.0 Å². The quantitative estimate of drug-likeness (QED) is 0.557. The summed E-state index contributed by atoms with van der Waals surface area (Å²) in [7, 11) is 0. The van der Waals surface area contributed by atoms with Crippen LogP contribution in [0.2, 0.25) is 0 Å². The number of benzene rings is 1. The number of hydrogen-bond acceptors (Lipinski definition) is 4. The summed E-state index contributed by atoms with van der Waals surface area (Å²) < 4.78 is 17.1. The molecular formula is C15H22INO4. The highest BCUT2D eigenvalue weighted by Crippen LogP contribution is 2.19. The molecule has 1 aromatic rings. The summed E-state index contributed by atoms with van der Waals surface area (Å²) in [6.07, 6.45) is -0.429. The molecule has 1 aromatic carbocycles. The van der Waals surface area contributed by atoms with Crippen LogP contribution in [0, 0.1) is 3.57 Å². The van der Waals surface area contributed by atoms with Gasteiger partial charge >= 0.3 is 6.09 Å². The summed E-state index contributed by atoms with van der Waals surface area (Å²) in [5.74, 6) is 0.855. The fourth-order valence-corrected chi connectivity index (χ4v) is 1.96. The molecule has 118 valence electrons. The largest absolute Gasteiger partial charge is 0.490 e. The molecule has 6 heteroatoms. The second-order valence-corrected chi connectivity index (χ2v) is 6.48. The SMILES string of the molecule is CC(C)(C)OC(=O)NCCOCCOc1ccccc1I. The predicted octanol–water partition coefficient (Wildman–Crippen LogP) is 3.21. The maximum absolute atomic E-state index is 11.4. The molecule has 0 saturated heterocycles. The van der Waals surface area contributed by atoms with Crippen LogP contribution in [0.25, 0.3) is 0 Å². The topological polar surface area (TPSA) is 56.8 Å². The molecule has 0 radical (unpaired) electrons. The summed E-state index contributed by atoms with van der Waals surface area (Å²) in [6, 6.07) is 7.81. The Hall–Kier alpha value is -1.02. The van der Waals surface area contributed by atoms with Crippen LogP contribution in [-0.2, 0) is 9.47 Å². The van der Waals surface area contributed by atoms with Gasteiger partial charge in [0.15, 0.2) is 0 Å². The van der Waals surface area contributed by atoms with Gasteiger partial charge in [0.05, 0.1) is 16.8 Å². The minimum absolute atomic E-state index is 0.414. The van der Waals surface area contributed by atoms with Crippen molar-refractivity contribution in [2.45, 2.75) is 26.4 Å². The number of nitrogens with one attached hydrogen (secondary N) is 1. The average molecular weight is 407 g/mol.